The van der Waals surface area contributed by atoms with Crippen molar-refractivity contribution in [3.05, 3.63) is 131 Å². The first-order valence-corrected chi connectivity index (χ1v) is 12.5. The second kappa shape index (κ2) is 11.5. The smallest absolute Gasteiger partial charge is 0.409 e. The van der Waals surface area contributed by atoms with Crippen molar-refractivity contribution in [2.75, 3.05) is 11.4 Å². The van der Waals surface area contributed by atoms with Gasteiger partial charge in [0.25, 0.3) is 5.91 Å². The zero-order valence-corrected chi connectivity index (χ0v) is 21.3. The summed E-state index contributed by atoms with van der Waals surface area (Å²) in [6, 6.07) is 29.0. The van der Waals surface area contributed by atoms with Crippen molar-refractivity contribution in [2.45, 2.75) is 19.7 Å². The van der Waals surface area contributed by atoms with Gasteiger partial charge in [0.05, 0.1) is 23.6 Å². The lowest BCUT2D eigenvalue weighted by molar-refractivity contribution is -0.120. The Morgan fingerprint density at radius 3 is 2.38 bits per heavy atom. The number of Topliss-reactive ketones (excluding diaryl/α,β-unsaturated/α-hetero) is 1. The normalized spacial score (nSPS) is 14.6. The van der Waals surface area contributed by atoms with Gasteiger partial charge in [0.2, 0.25) is 6.17 Å². The Balaban J connectivity index is 1.50. The maximum Gasteiger partial charge on any atom is 0.409 e. The number of nitrogens with one attached hydrogen (secondary N) is 1. The lowest BCUT2D eigenvalue weighted by Crippen LogP contribution is -2.49. The molecule has 0 saturated heterocycles. The molecule has 2 amide bonds. The third kappa shape index (κ3) is 5.75. The lowest BCUT2D eigenvalue weighted by atomic mass is 10.0. The fourth-order valence-electron chi connectivity index (χ4n) is 4.38. The van der Waals surface area contributed by atoms with Crippen LogP contribution in [0.1, 0.15) is 32.7 Å². The summed E-state index contributed by atoms with van der Waals surface area (Å²) in [6.07, 6.45) is -0.525. The van der Waals surface area contributed by atoms with Crippen LogP contribution < -0.4 is 10.2 Å². The summed E-state index contributed by atoms with van der Waals surface area (Å²) < 4.78 is 5.37. The van der Waals surface area contributed by atoms with Crippen LogP contribution in [0.4, 0.5) is 10.5 Å². The number of fused-ring (bicyclic) bond motifs is 1. The summed E-state index contributed by atoms with van der Waals surface area (Å²) >= 11 is 0. The van der Waals surface area contributed by atoms with Crippen molar-refractivity contribution in [1.29, 1.82) is 0 Å². The average molecular weight is 519 g/mol. The van der Waals surface area contributed by atoms with Crippen LogP contribution in [-0.4, -0.2) is 41.2 Å². The topological polar surface area (TPSA) is 101 Å². The van der Waals surface area contributed by atoms with Crippen molar-refractivity contribution < 1.29 is 19.1 Å². The largest absolute Gasteiger partial charge is 0.445 e. The number of benzene rings is 3. The number of nitrogens with zero attached hydrogens (tertiary/aromatic N) is 3. The number of carbonyl (C=O) groups excluding carboxylic acids is 3. The number of amides is 2. The van der Waals surface area contributed by atoms with Crippen LogP contribution in [0.5, 0.6) is 0 Å². The van der Waals surface area contributed by atoms with Gasteiger partial charge in [-0.15, -0.1) is 0 Å². The Kier molecular flexibility index (Phi) is 7.54. The number of pyridine rings is 1. The molecule has 194 valence electrons. The van der Waals surface area contributed by atoms with E-state index in [1.165, 1.54) is 4.90 Å². The van der Waals surface area contributed by atoms with Gasteiger partial charge in [-0.05, 0) is 36.2 Å². The van der Waals surface area contributed by atoms with Gasteiger partial charge in [0, 0.05) is 17.3 Å². The number of aromatic nitrogens is 1. The van der Waals surface area contributed by atoms with Crippen LogP contribution in [-0.2, 0) is 16.1 Å². The minimum Gasteiger partial charge on any atom is -0.445 e. The SMILES string of the molecule is Cc1ccccc1C(=O)CN1C(=O)C(NC(=O)OCc2ccccc2)N=C(c2ccccn2)c2ccccc21. The number of anilines is 1. The Labute approximate surface area is 226 Å². The van der Waals surface area contributed by atoms with E-state index in [9.17, 15) is 14.4 Å². The highest BCUT2D eigenvalue weighted by molar-refractivity contribution is 6.20. The fraction of sp³-hybridized carbons (Fsp3) is 0.129. The maximum atomic E-state index is 13.9. The first kappa shape index (κ1) is 25.5. The number of ether oxygens (including phenoxy) is 1. The summed E-state index contributed by atoms with van der Waals surface area (Å²) in [7, 11) is 0. The van der Waals surface area contributed by atoms with E-state index in [-0.39, 0.29) is 18.9 Å². The van der Waals surface area contributed by atoms with E-state index < -0.39 is 18.2 Å². The molecular weight excluding hydrogens is 492 g/mol. The Bertz CT molecular complexity index is 1540. The second-order valence-corrected chi connectivity index (χ2v) is 8.98. The quantitative estimate of drug-likeness (QED) is 0.357. The first-order chi connectivity index (χ1) is 19.0. The zero-order chi connectivity index (χ0) is 27.2. The molecule has 39 heavy (non-hydrogen) atoms. The summed E-state index contributed by atoms with van der Waals surface area (Å²) in [5.74, 6) is -0.796. The van der Waals surface area contributed by atoms with Crippen LogP contribution in [0.2, 0.25) is 0 Å². The van der Waals surface area contributed by atoms with Crippen LogP contribution >= 0.6 is 0 Å². The maximum absolute atomic E-state index is 13.9. The van der Waals surface area contributed by atoms with Crippen molar-refractivity contribution in [1.82, 2.24) is 10.3 Å². The molecule has 0 aliphatic carbocycles. The molecular formula is C31H26N4O4. The number of carbonyl (C=O) groups is 3. The van der Waals surface area contributed by atoms with Crippen molar-refractivity contribution in [3.8, 4) is 0 Å². The molecule has 1 N–H and O–H groups in total. The van der Waals surface area contributed by atoms with Gasteiger partial charge < -0.3 is 9.64 Å². The van der Waals surface area contributed by atoms with E-state index in [2.05, 4.69) is 15.3 Å². The molecule has 1 atom stereocenters. The summed E-state index contributed by atoms with van der Waals surface area (Å²) in [5.41, 5.74) is 4.18. The van der Waals surface area contributed by atoms with Crippen LogP contribution in [0.3, 0.4) is 0 Å². The predicted molar refractivity (Wildman–Crippen MR) is 148 cm³/mol. The van der Waals surface area contributed by atoms with E-state index in [0.717, 1.165) is 11.1 Å². The molecule has 1 unspecified atom stereocenters. The van der Waals surface area contributed by atoms with E-state index in [1.807, 2.05) is 67.6 Å². The molecule has 0 fully saturated rings. The monoisotopic (exact) mass is 518 g/mol. The Morgan fingerprint density at radius 2 is 1.62 bits per heavy atom. The van der Waals surface area contributed by atoms with Gasteiger partial charge in [-0.3, -0.25) is 19.9 Å². The Hall–Kier alpha value is -5.11. The second-order valence-electron chi connectivity index (χ2n) is 8.98. The number of rotatable bonds is 7. The number of ketones is 1. The van der Waals surface area contributed by atoms with Gasteiger partial charge in [-0.1, -0.05) is 78.9 Å². The Morgan fingerprint density at radius 1 is 0.897 bits per heavy atom. The van der Waals surface area contributed by atoms with Crippen molar-refractivity contribution in [3.63, 3.8) is 0 Å². The molecule has 0 bridgehead atoms. The van der Waals surface area contributed by atoms with E-state index in [0.29, 0.717) is 28.2 Å². The number of aryl methyl sites for hydroxylation is 1. The van der Waals surface area contributed by atoms with Gasteiger partial charge in [0.1, 0.15) is 6.61 Å². The highest BCUT2D eigenvalue weighted by atomic mass is 16.5. The van der Waals surface area contributed by atoms with Crippen LogP contribution in [0.15, 0.2) is 108 Å². The van der Waals surface area contributed by atoms with E-state index in [4.69, 9.17) is 4.74 Å². The molecule has 5 rings (SSSR count). The highest BCUT2D eigenvalue weighted by Crippen LogP contribution is 2.28. The minimum atomic E-state index is -1.35. The molecule has 4 aromatic rings. The predicted octanol–water partition coefficient (Wildman–Crippen LogP) is 4.71. The fourth-order valence-corrected chi connectivity index (χ4v) is 4.38. The minimum absolute atomic E-state index is 0.0279. The molecule has 0 radical (unpaired) electrons. The summed E-state index contributed by atoms with van der Waals surface area (Å²) in [6.45, 7) is 1.64. The number of benzodiazepines with no additional fused rings is 1. The molecule has 8 nitrogen and oxygen atoms in total. The van der Waals surface area contributed by atoms with Crippen molar-refractivity contribution >= 4 is 29.2 Å². The molecule has 0 saturated carbocycles. The number of alkyl carbamates (subject to hydrolysis) is 1. The molecule has 3 aromatic carbocycles. The van der Waals surface area contributed by atoms with E-state index in [1.54, 1.807) is 42.6 Å². The third-order valence-electron chi connectivity index (χ3n) is 6.33. The number of para-hydroxylation sites is 1. The summed E-state index contributed by atoms with van der Waals surface area (Å²) in [5, 5.41) is 2.59. The highest BCUT2D eigenvalue weighted by Gasteiger charge is 2.35. The van der Waals surface area contributed by atoms with Gasteiger partial charge in [0.15, 0.2) is 5.78 Å². The van der Waals surface area contributed by atoms with E-state index >= 15 is 0 Å². The molecule has 1 aromatic heterocycles. The van der Waals surface area contributed by atoms with Gasteiger partial charge in [-0.25, -0.2) is 9.79 Å². The molecule has 8 heteroatoms. The standard InChI is InChI=1S/C31H26N4O4/c1-21-11-5-6-14-23(21)27(36)19-35-26-17-8-7-15-24(26)28(25-16-9-10-18-32-25)33-29(30(35)37)34-31(38)39-20-22-12-3-2-4-13-22/h2-18,29H,19-20H2,1H3,(H,34,38). The van der Waals surface area contributed by atoms with Crippen LogP contribution in [0, 0.1) is 6.92 Å². The van der Waals surface area contributed by atoms with Crippen LogP contribution in [0.25, 0.3) is 0 Å². The molecule has 2 heterocycles. The number of hydrogen-bond donors (Lipinski definition) is 1. The number of hydrogen-bond acceptors (Lipinski definition) is 6. The first-order valence-electron chi connectivity index (χ1n) is 12.5. The zero-order valence-electron chi connectivity index (χ0n) is 21.3. The lowest BCUT2D eigenvalue weighted by Gasteiger charge is -2.25. The molecule has 0 spiro atoms. The molecule has 1 aliphatic heterocycles. The third-order valence-corrected chi connectivity index (χ3v) is 6.33. The van der Waals surface area contributed by atoms with Crippen molar-refractivity contribution in [2.24, 2.45) is 4.99 Å². The average Bonchev–Trinajstić information content (AvgIpc) is 3.08. The number of aliphatic imine (C=N–C) groups is 1. The summed E-state index contributed by atoms with van der Waals surface area (Å²) in [4.78, 5) is 50.6. The van der Waals surface area contributed by atoms with Gasteiger partial charge >= 0.3 is 6.09 Å². The van der Waals surface area contributed by atoms with Gasteiger partial charge in [-0.2, -0.15) is 0 Å². The molecule has 1 aliphatic rings.